The van der Waals surface area contributed by atoms with Crippen LogP contribution >= 0.6 is 0 Å². The summed E-state index contributed by atoms with van der Waals surface area (Å²) in [4.78, 5) is 0. The van der Waals surface area contributed by atoms with E-state index < -0.39 is 0 Å². The summed E-state index contributed by atoms with van der Waals surface area (Å²) in [6.07, 6.45) is 1.65. The van der Waals surface area contributed by atoms with E-state index in [2.05, 4.69) is 58.9 Å². The van der Waals surface area contributed by atoms with Crippen molar-refractivity contribution in [3.05, 3.63) is 57.6 Å². The minimum Gasteiger partial charge on any atom is -0.491 e. The molecule has 160 valence electrons. The molecule has 2 aromatic carbocycles. The molecule has 0 saturated heterocycles. The summed E-state index contributed by atoms with van der Waals surface area (Å²) in [5.41, 5.74) is 6.73. The molecule has 0 spiro atoms. The van der Waals surface area contributed by atoms with E-state index in [4.69, 9.17) is 9.47 Å². The van der Waals surface area contributed by atoms with E-state index in [1.165, 1.54) is 16.7 Å². The molecule has 0 radical (unpaired) electrons. The molecule has 0 atom stereocenters. The molecule has 29 heavy (non-hydrogen) atoms. The van der Waals surface area contributed by atoms with E-state index in [0.29, 0.717) is 6.42 Å². The maximum absolute atomic E-state index is 9.36. The molecule has 0 unspecified atom stereocenters. The van der Waals surface area contributed by atoms with Crippen molar-refractivity contribution in [1.82, 2.24) is 0 Å². The third kappa shape index (κ3) is 5.74. The first-order valence-corrected chi connectivity index (χ1v) is 10.4. The van der Waals surface area contributed by atoms with Gasteiger partial charge in [-0.05, 0) is 49.3 Å². The van der Waals surface area contributed by atoms with Gasteiger partial charge in [0.1, 0.15) is 24.7 Å². The summed E-state index contributed by atoms with van der Waals surface area (Å²) in [7, 11) is 0. The summed E-state index contributed by atoms with van der Waals surface area (Å²) in [5, 5.41) is 18.6. The SMILES string of the molecule is CCC(C)(C)c1cc(C)cc(Cc2cc(C)cc(C)c2OCCO)c1OCCO. The summed E-state index contributed by atoms with van der Waals surface area (Å²) in [6.45, 7) is 13.4. The van der Waals surface area contributed by atoms with Crippen LogP contribution in [-0.2, 0) is 11.8 Å². The molecule has 0 saturated carbocycles. The van der Waals surface area contributed by atoms with Gasteiger partial charge in [-0.25, -0.2) is 0 Å². The number of aliphatic hydroxyl groups excluding tert-OH is 2. The maximum Gasteiger partial charge on any atom is 0.126 e. The molecule has 4 heteroatoms. The lowest BCUT2D eigenvalue weighted by atomic mass is 9.79. The van der Waals surface area contributed by atoms with Crippen molar-refractivity contribution < 1.29 is 19.7 Å². The maximum atomic E-state index is 9.36. The van der Waals surface area contributed by atoms with Gasteiger partial charge >= 0.3 is 0 Å². The van der Waals surface area contributed by atoms with Crippen molar-refractivity contribution in [3.8, 4) is 11.5 Å². The fourth-order valence-corrected chi connectivity index (χ4v) is 3.72. The zero-order valence-electron chi connectivity index (χ0n) is 18.8. The number of benzene rings is 2. The van der Waals surface area contributed by atoms with E-state index in [9.17, 15) is 10.2 Å². The monoisotopic (exact) mass is 400 g/mol. The lowest BCUT2D eigenvalue weighted by Crippen LogP contribution is -2.19. The molecule has 0 fully saturated rings. The lowest BCUT2D eigenvalue weighted by Gasteiger charge is -2.28. The standard InChI is InChI=1S/C25H36O4/c1-7-25(5,6)22-15-18(3)14-21(24(22)29-11-9-27)16-20-13-17(2)12-19(4)23(20)28-10-8-26/h12-15,26-27H,7-11,16H2,1-6H3. The van der Waals surface area contributed by atoms with Crippen molar-refractivity contribution in [2.45, 2.75) is 59.8 Å². The second kappa shape index (κ2) is 10.1. The van der Waals surface area contributed by atoms with Gasteiger partial charge < -0.3 is 19.7 Å². The molecule has 0 bridgehead atoms. The van der Waals surface area contributed by atoms with Crippen molar-refractivity contribution in [2.24, 2.45) is 0 Å². The quantitative estimate of drug-likeness (QED) is 0.610. The predicted octanol–water partition coefficient (Wildman–Crippen LogP) is 4.63. The van der Waals surface area contributed by atoms with E-state index in [0.717, 1.165) is 34.6 Å². The molecule has 2 rings (SSSR count). The minimum atomic E-state index is -0.0374. The highest BCUT2D eigenvalue weighted by Gasteiger charge is 2.26. The van der Waals surface area contributed by atoms with Crippen molar-refractivity contribution >= 4 is 0 Å². The minimum absolute atomic E-state index is 0.0170. The van der Waals surface area contributed by atoms with Crippen LogP contribution in [0.3, 0.4) is 0 Å². The van der Waals surface area contributed by atoms with Crippen molar-refractivity contribution in [2.75, 3.05) is 26.4 Å². The Labute approximate surface area is 175 Å². The average molecular weight is 401 g/mol. The second-order valence-corrected chi connectivity index (χ2v) is 8.43. The fraction of sp³-hybridized carbons (Fsp3) is 0.520. The number of hydrogen-bond donors (Lipinski definition) is 2. The Morgan fingerprint density at radius 3 is 1.86 bits per heavy atom. The normalized spacial score (nSPS) is 11.6. The summed E-state index contributed by atoms with van der Waals surface area (Å²) < 4.78 is 12.0. The van der Waals surface area contributed by atoms with Crippen LogP contribution in [-0.4, -0.2) is 36.6 Å². The fourth-order valence-electron chi connectivity index (χ4n) is 3.72. The molecule has 2 aromatic rings. The average Bonchev–Trinajstić information content (AvgIpc) is 2.66. The Hall–Kier alpha value is -2.04. The van der Waals surface area contributed by atoms with Crippen LogP contribution in [0.15, 0.2) is 24.3 Å². The van der Waals surface area contributed by atoms with Crippen LogP contribution in [0, 0.1) is 20.8 Å². The largest absolute Gasteiger partial charge is 0.491 e. The van der Waals surface area contributed by atoms with Gasteiger partial charge in [0.05, 0.1) is 13.2 Å². The second-order valence-electron chi connectivity index (χ2n) is 8.43. The number of hydrogen-bond acceptors (Lipinski definition) is 4. The van der Waals surface area contributed by atoms with Crippen LogP contribution in [0.5, 0.6) is 11.5 Å². The van der Waals surface area contributed by atoms with Gasteiger partial charge in [-0.3, -0.25) is 0 Å². The Bertz CT molecular complexity index is 824. The van der Waals surface area contributed by atoms with Gasteiger partial charge in [-0.1, -0.05) is 56.2 Å². The van der Waals surface area contributed by atoms with E-state index in [1.54, 1.807) is 0 Å². The third-order valence-corrected chi connectivity index (χ3v) is 5.48. The predicted molar refractivity (Wildman–Crippen MR) is 118 cm³/mol. The molecular weight excluding hydrogens is 364 g/mol. The van der Waals surface area contributed by atoms with Gasteiger partial charge in [-0.15, -0.1) is 0 Å². The first kappa shape index (κ1) is 23.2. The number of aryl methyl sites for hydroxylation is 3. The van der Waals surface area contributed by atoms with Crippen LogP contribution < -0.4 is 9.47 Å². The van der Waals surface area contributed by atoms with Gasteiger partial charge in [0.2, 0.25) is 0 Å². The van der Waals surface area contributed by atoms with Crippen LogP contribution in [0.4, 0.5) is 0 Å². The molecule has 0 aliphatic rings. The summed E-state index contributed by atoms with van der Waals surface area (Å²) >= 11 is 0. The van der Waals surface area contributed by atoms with Crippen LogP contribution in [0.25, 0.3) is 0 Å². The topological polar surface area (TPSA) is 58.9 Å². The molecule has 0 amide bonds. The first-order chi connectivity index (χ1) is 13.7. The van der Waals surface area contributed by atoms with Gasteiger partial charge in [0, 0.05) is 12.0 Å². The van der Waals surface area contributed by atoms with Crippen molar-refractivity contribution in [3.63, 3.8) is 0 Å². The van der Waals surface area contributed by atoms with Crippen molar-refractivity contribution in [1.29, 1.82) is 0 Å². The van der Waals surface area contributed by atoms with E-state index in [1.807, 2.05) is 6.92 Å². The lowest BCUT2D eigenvalue weighted by molar-refractivity contribution is 0.197. The van der Waals surface area contributed by atoms with E-state index >= 15 is 0 Å². The Balaban J connectivity index is 2.60. The van der Waals surface area contributed by atoms with E-state index in [-0.39, 0.29) is 31.8 Å². The van der Waals surface area contributed by atoms with Gasteiger partial charge in [0.25, 0.3) is 0 Å². The van der Waals surface area contributed by atoms with Gasteiger partial charge in [0.15, 0.2) is 0 Å². The highest BCUT2D eigenvalue weighted by atomic mass is 16.5. The van der Waals surface area contributed by atoms with Gasteiger partial charge in [-0.2, -0.15) is 0 Å². The molecule has 0 aromatic heterocycles. The zero-order chi connectivity index (χ0) is 21.6. The highest BCUT2D eigenvalue weighted by molar-refractivity contribution is 5.53. The molecular formula is C25H36O4. The summed E-state index contributed by atoms with van der Waals surface area (Å²) in [5.74, 6) is 1.69. The number of rotatable bonds is 10. The van der Waals surface area contributed by atoms with Crippen LogP contribution in [0.2, 0.25) is 0 Å². The first-order valence-electron chi connectivity index (χ1n) is 10.4. The molecule has 0 aliphatic carbocycles. The molecule has 0 aliphatic heterocycles. The Morgan fingerprint density at radius 1 is 0.793 bits per heavy atom. The summed E-state index contributed by atoms with van der Waals surface area (Å²) in [6, 6.07) is 8.60. The molecule has 2 N–H and O–H groups in total. The van der Waals surface area contributed by atoms with Crippen LogP contribution in [0.1, 0.15) is 60.6 Å². The molecule has 0 heterocycles. The molecule has 4 nitrogen and oxygen atoms in total. The number of ether oxygens (including phenoxy) is 2. The highest BCUT2D eigenvalue weighted by Crippen LogP contribution is 2.39. The smallest absolute Gasteiger partial charge is 0.126 e. The Kier molecular flexibility index (Phi) is 8.12. The third-order valence-electron chi connectivity index (χ3n) is 5.48. The Morgan fingerprint density at radius 2 is 1.31 bits per heavy atom. The zero-order valence-corrected chi connectivity index (χ0v) is 18.8. The number of aliphatic hydroxyl groups is 2.